The van der Waals surface area contributed by atoms with E-state index in [0.717, 1.165) is 0 Å². The smallest absolute Gasteiger partial charge is 0.748 e. The van der Waals surface area contributed by atoms with Gasteiger partial charge >= 0.3 is 154 Å². The van der Waals surface area contributed by atoms with Crippen molar-refractivity contribution in [2.45, 2.75) is 101 Å². The molecule has 0 radical (unpaired) electrons. The summed E-state index contributed by atoms with van der Waals surface area (Å²) in [7, 11) is -7.27. The van der Waals surface area contributed by atoms with Gasteiger partial charge in [-0.05, 0) is 70.9 Å². The van der Waals surface area contributed by atoms with Crippen LogP contribution in [0.15, 0.2) is 16.4 Å². The summed E-state index contributed by atoms with van der Waals surface area (Å²) in [6, 6.07) is 0.0934. The Morgan fingerprint density at radius 2 is 1.64 bits per heavy atom. The summed E-state index contributed by atoms with van der Waals surface area (Å²) in [5.74, 6) is -3.44. The van der Waals surface area contributed by atoms with Gasteiger partial charge in [-0.15, -0.1) is 5.11 Å². The van der Waals surface area contributed by atoms with Crippen molar-refractivity contribution >= 4 is 37.9 Å². The second kappa shape index (κ2) is 25.2. The first-order valence-corrected chi connectivity index (χ1v) is 18.8. The Morgan fingerprint density at radius 1 is 1.04 bits per heavy atom. The number of carbonyl (C=O) groups excluding carboxylic acids is 2. The molecule has 2 saturated carbocycles. The van der Waals surface area contributed by atoms with Crippen LogP contribution in [0.1, 0.15) is 82.7 Å². The van der Waals surface area contributed by atoms with Gasteiger partial charge in [0, 0.05) is 43.5 Å². The molecular formula is C28H42K3N7O10S2. The van der Waals surface area contributed by atoms with Crippen LogP contribution in [0.2, 0.25) is 0 Å². The summed E-state index contributed by atoms with van der Waals surface area (Å²) in [4.78, 5) is 26.3. The largest absolute Gasteiger partial charge is 1.00 e. The van der Waals surface area contributed by atoms with Crippen molar-refractivity contribution in [1.29, 1.82) is 5.26 Å². The molecule has 1 amide bonds. The van der Waals surface area contributed by atoms with Crippen LogP contribution >= 0.6 is 0 Å². The molecule has 22 heteroatoms. The quantitative estimate of drug-likeness (QED) is 0.0664. The van der Waals surface area contributed by atoms with Crippen LogP contribution in [0.3, 0.4) is 0 Å². The number of nitrogens with one attached hydrogen (secondary N) is 1. The summed E-state index contributed by atoms with van der Waals surface area (Å²) >= 11 is 0. The first-order chi connectivity index (χ1) is 22.1. The van der Waals surface area contributed by atoms with Crippen molar-refractivity contribution in [2.24, 2.45) is 16.1 Å². The van der Waals surface area contributed by atoms with Crippen molar-refractivity contribution in [1.82, 2.24) is 20.0 Å². The van der Waals surface area contributed by atoms with E-state index in [4.69, 9.17) is 4.74 Å². The number of carbonyl (C=O) groups is 2. The summed E-state index contributed by atoms with van der Waals surface area (Å²) in [5, 5.41) is 37.9. The van der Waals surface area contributed by atoms with Crippen molar-refractivity contribution in [3.05, 3.63) is 11.8 Å². The molecule has 1 N–H and O–H groups in total. The van der Waals surface area contributed by atoms with Gasteiger partial charge in [-0.25, -0.2) is 21.5 Å². The van der Waals surface area contributed by atoms with E-state index in [2.05, 4.69) is 20.6 Å². The fourth-order valence-corrected chi connectivity index (χ4v) is 7.66. The molecule has 50 heavy (non-hydrogen) atoms. The molecular weight excluding hydrogens is 776 g/mol. The van der Waals surface area contributed by atoms with Gasteiger partial charge in [0.2, 0.25) is 5.91 Å². The van der Waals surface area contributed by atoms with Crippen LogP contribution in [0, 0.1) is 17.2 Å². The number of nitriles is 1. The second-order valence-corrected chi connectivity index (χ2v) is 15.1. The summed E-state index contributed by atoms with van der Waals surface area (Å²) in [6.45, 7) is 2.19. The SMILES string of the molecule is COC1CCCC(C(=O)[O-])C1n1ncc(C#N)c1N=NC1CCC(N(CCCCS(=O)(=O)[O-])CCCCS(=O)(=O)[O-])CC1NC(C)=O.[K+].[K+].[K+]. The van der Waals surface area contributed by atoms with E-state index in [9.17, 15) is 45.9 Å². The van der Waals surface area contributed by atoms with E-state index >= 15 is 0 Å². The monoisotopic (exact) mass is 817 g/mol. The number of aromatic nitrogens is 2. The number of azo groups is 1. The molecule has 2 aliphatic rings. The van der Waals surface area contributed by atoms with Gasteiger partial charge in [-0.1, -0.05) is 6.42 Å². The fraction of sp³-hybridized carbons (Fsp3) is 0.786. The van der Waals surface area contributed by atoms with Crippen molar-refractivity contribution in [2.75, 3.05) is 31.7 Å². The molecule has 0 spiro atoms. The molecule has 1 aromatic rings. The van der Waals surface area contributed by atoms with Crippen LogP contribution in [0.4, 0.5) is 5.82 Å². The molecule has 17 nitrogen and oxygen atoms in total. The molecule has 0 aromatic carbocycles. The number of amides is 1. The Hall–Kier alpha value is 1.89. The van der Waals surface area contributed by atoms with Gasteiger partial charge < -0.3 is 34.0 Å². The molecule has 264 valence electrons. The van der Waals surface area contributed by atoms with Gasteiger partial charge in [-0.3, -0.25) is 4.79 Å². The van der Waals surface area contributed by atoms with Crippen molar-refractivity contribution in [3.8, 4) is 6.07 Å². The van der Waals surface area contributed by atoms with Gasteiger partial charge in [0.05, 0.1) is 50.7 Å². The Bertz CT molecular complexity index is 1490. The van der Waals surface area contributed by atoms with Crippen LogP contribution in [-0.4, -0.2) is 108 Å². The third kappa shape index (κ3) is 17.4. The summed E-state index contributed by atoms with van der Waals surface area (Å²) in [6.07, 6.45) is 4.83. The van der Waals surface area contributed by atoms with E-state index in [1.807, 2.05) is 11.0 Å². The minimum atomic E-state index is -4.37. The van der Waals surface area contributed by atoms with E-state index in [1.165, 1.54) is 24.9 Å². The van der Waals surface area contributed by atoms with Gasteiger partial charge in [0.25, 0.3) is 0 Å². The molecule has 2 fully saturated rings. The zero-order chi connectivity index (χ0) is 34.8. The number of nitrogens with zero attached hydrogens (tertiary/aromatic N) is 6. The molecule has 3 rings (SSSR count). The first kappa shape index (κ1) is 51.9. The standard InChI is InChI=1S/C28H45N7O10S2.3K/c1-19(36)31-24-16-21(34(12-3-5-14-46(39,40)41)13-4-6-15-47(42,43)44)10-11-23(24)32-33-27-20(17-29)18-30-35(27)26-22(28(37)38)8-7-9-25(26)45-2;;;/h18,21-26H,3-16H2,1-2H3,(H,31,36)(H,37,38)(H,39,40,41)(H,42,43,44);;;/q;3*+1/p-3. The number of rotatable bonds is 17. The number of aliphatic carboxylic acids is 1. The molecule has 0 aliphatic heterocycles. The van der Waals surface area contributed by atoms with E-state index < -0.39 is 67.9 Å². The van der Waals surface area contributed by atoms with Crippen LogP contribution in [0.5, 0.6) is 0 Å². The van der Waals surface area contributed by atoms with Crippen LogP contribution < -0.4 is 165 Å². The number of methoxy groups -OCH3 is 1. The minimum Gasteiger partial charge on any atom is -0.748 e. The third-order valence-corrected chi connectivity index (χ3v) is 10.3. The van der Waals surface area contributed by atoms with Crippen molar-refractivity contribution < 1.29 is 200 Å². The molecule has 6 unspecified atom stereocenters. The first-order valence-electron chi connectivity index (χ1n) is 15.6. The topological polar surface area (TPSA) is 262 Å². The molecule has 1 heterocycles. The van der Waals surface area contributed by atoms with Crippen LogP contribution in [0.25, 0.3) is 0 Å². The normalized spacial score (nSPS) is 24.0. The number of unbranched alkanes of at least 4 members (excludes halogenated alkanes) is 2. The Labute approximate surface area is 422 Å². The predicted molar refractivity (Wildman–Crippen MR) is 162 cm³/mol. The molecule has 0 saturated heterocycles. The molecule has 6 atom stereocenters. The summed E-state index contributed by atoms with van der Waals surface area (Å²) < 4.78 is 73.3. The van der Waals surface area contributed by atoms with Crippen LogP contribution in [-0.2, 0) is 34.6 Å². The Morgan fingerprint density at radius 3 is 2.14 bits per heavy atom. The number of carboxylic acids is 1. The molecule has 0 bridgehead atoms. The second-order valence-electron chi connectivity index (χ2n) is 12.1. The minimum absolute atomic E-state index is 0. The van der Waals surface area contributed by atoms with Gasteiger partial charge in [0.15, 0.2) is 5.82 Å². The molecule has 1 aromatic heterocycles. The van der Waals surface area contributed by atoms with E-state index in [-0.39, 0.29) is 190 Å². The maximum atomic E-state index is 12.2. The number of hydrogen-bond acceptors (Lipinski definition) is 15. The van der Waals surface area contributed by atoms with Crippen molar-refractivity contribution in [3.63, 3.8) is 0 Å². The summed E-state index contributed by atoms with van der Waals surface area (Å²) in [5.41, 5.74) is 0.0856. The zero-order valence-corrected chi connectivity index (χ0v) is 40.5. The number of carboxylic acid groups (broad SMARTS) is 1. The van der Waals surface area contributed by atoms with Gasteiger partial charge in [-0.2, -0.15) is 15.5 Å². The maximum Gasteiger partial charge on any atom is 1.00 e. The van der Waals surface area contributed by atoms with Gasteiger partial charge in [0.1, 0.15) is 11.6 Å². The average molecular weight is 818 g/mol. The zero-order valence-electron chi connectivity index (χ0n) is 29.5. The molecule has 2 aliphatic carbocycles. The van der Waals surface area contributed by atoms with E-state index in [0.29, 0.717) is 64.5 Å². The number of hydrogen-bond donors (Lipinski definition) is 1. The predicted octanol–water partition coefficient (Wildman–Crippen LogP) is -8.66. The third-order valence-electron chi connectivity index (χ3n) is 8.75. The fourth-order valence-electron chi connectivity index (χ4n) is 6.55. The maximum absolute atomic E-state index is 12.2. The Kier molecular flexibility index (Phi) is 26.2. The average Bonchev–Trinajstić information content (AvgIpc) is 3.40. The van der Waals surface area contributed by atoms with E-state index in [1.54, 1.807) is 0 Å². The number of ether oxygens (including phenoxy) is 1. The Balaban J connectivity index is 0.00000800.